The van der Waals surface area contributed by atoms with Gasteiger partial charge in [-0.25, -0.2) is 4.39 Å². The highest BCUT2D eigenvalue weighted by Gasteiger charge is 2.04. The molecule has 2 nitrogen and oxygen atoms in total. The van der Waals surface area contributed by atoms with Crippen molar-refractivity contribution in [3.8, 4) is 0 Å². The van der Waals surface area contributed by atoms with E-state index in [2.05, 4.69) is 35.3 Å². The van der Waals surface area contributed by atoms with Gasteiger partial charge in [-0.05, 0) is 48.6 Å². The van der Waals surface area contributed by atoms with Crippen LogP contribution in [0.25, 0.3) is 0 Å². The highest BCUT2D eigenvalue weighted by atomic mass is 19.1. The minimum atomic E-state index is -0.0922. The van der Waals surface area contributed by atoms with Crippen molar-refractivity contribution in [3.05, 3.63) is 58.7 Å². The van der Waals surface area contributed by atoms with E-state index in [0.717, 1.165) is 42.7 Å². The van der Waals surface area contributed by atoms with Crippen molar-refractivity contribution in [1.82, 2.24) is 9.88 Å². The van der Waals surface area contributed by atoms with Gasteiger partial charge in [0.2, 0.25) is 0 Å². The predicted molar refractivity (Wildman–Crippen MR) is 81.1 cm³/mol. The predicted octanol–water partition coefficient (Wildman–Crippen LogP) is 3.94. The van der Waals surface area contributed by atoms with Crippen LogP contribution in [0.3, 0.4) is 0 Å². The highest BCUT2D eigenvalue weighted by molar-refractivity contribution is 5.30. The van der Waals surface area contributed by atoms with Gasteiger partial charge in [-0.1, -0.05) is 19.1 Å². The van der Waals surface area contributed by atoms with E-state index in [1.54, 1.807) is 0 Å². The monoisotopic (exact) mass is 274 g/mol. The van der Waals surface area contributed by atoms with E-state index >= 15 is 0 Å². The molecule has 0 spiro atoms. The molecule has 0 radical (unpaired) electrons. The van der Waals surface area contributed by atoms with Gasteiger partial charge in [0.05, 0.1) is 0 Å². The van der Waals surface area contributed by atoms with E-state index in [0.29, 0.717) is 0 Å². The van der Waals surface area contributed by atoms with Crippen LogP contribution < -0.4 is 5.32 Å². The lowest BCUT2D eigenvalue weighted by Crippen LogP contribution is -2.12. The Hall–Kier alpha value is -1.61. The maximum atomic E-state index is 13.6. The molecule has 2 rings (SSSR count). The Balaban J connectivity index is 1.89. The third-order valence-electron chi connectivity index (χ3n) is 3.45. The molecule has 3 heteroatoms. The molecule has 1 aromatic carbocycles. The van der Waals surface area contributed by atoms with Crippen molar-refractivity contribution in [3.63, 3.8) is 0 Å². The van der Waals surface area contributed by atoms with Crippen molar-refractivity contribution in [2.75, 3.05) is 0 Å². The van der Waals surface area contributed by atoms with Crippen LogP contribution in [0.15, 0.2) is 30.6 Å². The molecule has 0 bridgehead atoms. The van der Waals surface area contributed by atoms with Crippen molar-refractivity contribution < 1.29 is 4.39 Å². The zero-order chi connectivity index (χ0) is 14.5. The second kappa shape index (κ2) is 6.71. The number of nitrogens with zero attached hydrogens (tertiary/aromatic N) is 1. The van der Waals surface area contributed by atoms with Crippen molar-refractivity contribution >= 4 is 0 Å². The van der Waals surface area contributed by atoms with E-state index in [4.69, 9.17) is 0 Å². The van der Waals surface area contributed by atoms with Crippen LogP contribution in [-0.2, 0) is 19.6 Å². The van der Waals surface area contributed by atoms with Crippen LogP contribution in [0.4, 0.5) is 4.39 Å². The van der Waals surface area contributed by atoms with Gasteiger partial charge in [-0.3, -0.25) is 0 Å². The average molecular weight is 274 g/mol. The molecule has 1 N–H and O–H groups in total. The number of benzene rings is 1. The molecule has 0 amide bonds. The molecular weight excluding hydrogens is 251 g/mol. The first-order valence-electron chi connectivity index (χ1n) is 7.21. The highest BCUT2D eigenvalue weighted by Crippen LogP contribution is 2.14. The lowest BCUT2D eigenvalue weighted by Gasteiger charge is -2.08. The Morgan fingerprint density at radius 1 is 1.10 bits per heavy atom. The van der Waals surface area contributed by atoms with Crippen molar-refractivity contribution in [2.45, 2.75) is 46.8 Å². The number of aryl methyl sites for hydroxylation is 3. The molecule has 0 saturated heterocycles. The van der Waals surface area contributed by atoms with Crippen LogP contribution in [0.1, 0.15) is 35.6 Å². The number of halogens is 1. The molecule has 0 fully saturated rings. The van der Waals surface area contributed by atoms with Gasteiger partial charge in [0.15, 0.2) is 0 Å². The number of hydrogen-bond donors (Lipinski definition) is 1. The SMILES string of the molecule is CCCn1ccc(CNCc2cc(C)c(F)c(C)c2)c1. The van der Waals surface area contributed by atoms with E-state index < -0.39 is 0 Å². The zero-order valence-corrected chi connectivity index (χ0v) is 12.5. The van der Waals surface area contributed by atoms with E-state index in [-0.39, 0.29) is 5.82 Å². The van der Waals surface area contributed by atoms with Crippen LogP contribution in [0.5, 0.6) is 0 Å². The summed E-state index contributed by atoms with van der Waals surface area (Å²) in [5, 5.41) is 3.41. The third-order valence-corrected chi connectivity index (χ3v) is 3.45. The molecule has 0 aliphatic carbocycles. The molecule has 108 valence electrons. The molecular formula is C17H23FN2. The topological polar surface area (TPSA) is 17.0 Å². The standard InChI is InChI=1S/C17H23FN2/c1-4-6-20-7-5-15(12-20)10-19-11-16-8-13(2)17(18)14(3)9-16/h5,7-9,12,19H,4,6,10-11H2,1-3H3. The Kier molecular flexibility index (Phi) is 4.96. The maximum absolute atomic E-state index is 13.6. The van der Waals surface area contributed by atoms with E-state index in [1.165, 1.54) is 5.56 Å². The maximum Gasteiger partial charge on any atom is 0.129 e. The summed E-state index contributed by atoms with van der Waals surface area (Å²) in [6.45, 7) is 8.48. The first-order chi connectivity index (χ1) is 9.60. The van der Waals surface area contributed by atoms with Gasteiger partial charge >= 0.3 is 0 Å². The fraction of sp³-hybridized carbons (Fsp3) is 0.412. The van der Waals surface area contributed by atoms with Crippen LogP contribution in [0, 0.1) is 19.7 Å². The summed E-state index contributed by atoms with van der Waals surface area (Å²) in [4.78, 5) is 0. The largest absolute Gasteiger partial charge is 0.354 e. The summed E-state index contributed by atoms with van der Waals surface area (Å²) in [6.07, 6.45) is 5.44. The Morgan fingerprint density at radius 2 is 1.75 bits per heavy atom. The Labute approximate surface area is 120 Å². The molecule has 2 aromatic rings. The molecule has 0 atom stereocenters. The van der Waals surface area contributed by atoms with E-state index in [9.17, 15) is 4.39 Å². The molecule has 1 aromatic heterocycles. The van der Waals surface area contributed by atoms with Gasteiger partial charge in [-0.15, -0.1) is 0 Å². The molecule has 0 saturated carbocycles. The Bertz CT molecular complexity index is 549. The smallest absolute Gasteiger partial charge is 0.129 e. The van der Waals surface area contributed by atoms with Crippen LogP contribution in [-0.4, -0.2) is 4.57 Å². The van der Waals surface area contributed by atoms with Crippen molar-refractivity contribution in [2.24, 2.45) is 0 Å². The number of rotatable bonds is 6. The number of hydrogen-bond acceptors (Lipinski definition) is 1. The number of aromatic nitrogens is 1. The van der Waals surface area contributed by atoms with Crippen LogP contribution in [0.2, 0.25) is 0 Å². The van der Waals surface area contributed by atoms with Gasteiger partial charge < -0.3 is 9.88 Å². The first kappa shape index (κ1) is 14.8. The molecule has 0 aliphatic rings. The summed E-state index contributed by atoms with van der Waals surface area (Å²) < 4.78 is 15.8. The molecule has 20 heavy (non-hydrogen) atoms. The minimum Gasteiger partial charge on any atom is -0.354 e. The van der Waals surface area contributed by atoms with Gasteiger partial charge in [0, 0.05) is 32.0 Å². The number of nitrogens with one attached hydrogen (secondary N) is 1. The fourth-order valence-corrected chi connectivity index (χ4v) is 2.48. The lowest BCUT2D eigenvalue weighted by atomic mass is 10.1. The zero-order valence-electron chi connectivity index (χ0n) is 12.5. The normalized spacial score (nSPS) is 11.0. The Morgan fingerprint density at radius 3 is 2.40 bits per heavy atom. The third kappa shape index (κ3) is 3.70. The summed E-state index contributed by atoms with van der Waals surface area (Å²) in [5.74, 6) is -0.0922. The van der Waals surface area contributed by atoms with Crippen molar-refractivity contribution in [1.29, 1.82) is 0 Å². The summed E-state index contributed by atoms with van der Waals surface area (Å²) in [6, 6.07) is 5.97. The second-order valence-corrected chi connectivity index (χ2v) is 5.40. The summed E-state index contributed by atoms with van der Waals surface area (Å²) in [7, 11) is 0. The molecule has 1 heterocycles. The lowest BCUT2D eigenvalue weighted by molar-refractivity contribution is 0.606. The van der Waals surface area contributed by atoms with E-state index in [1.807, 2.05) is 26.0 Å². The van der Waals surface area contributed by atoms with Crippen LogP contribution >= 0.6 is 0 Å². The first-order valence-corrected chi connectivity index (χ1v) is 7.21. The molecule has 0 unspecified atom stereocenters. The van der Waals surface area contributed by atoms with Gasteiger partial charge in [0.25, 0.3) is 0 Å². The van der Waals surface area contributed by atoms with Gasteiger partial charge in [0.1, 0.15) is 5.82 Å². The fourth-order valence-electron chi connectivity index (χ4n) is 2.48. The molecule has 0 aliphatic heterocycles. The second-order valence-electron chi connectivity index (χ2n) is 5.40. The summed E-state index contributed by atoms with van der Waals surface area (Å²) >= 11 is 0. The average Bonchev–Trinajstić information content (AvgIpc) is 2.84. The van der Waals surface area contributed by atoms with Gasteiger partial charge in [-0.2, -0.15) is 0 Å². The minimum absolute atomic E-state index is 0.0922. The summed E-state index contributed by atoms with van der Waals surface area (Å²) in [5.41, 5.74) is 3.86. The quantitative estimate of drug-likeness (QED) is 0.844.